The van der Waals surface area contributed by atoms with E-state index in [2.05, 4.69) is 53.8 Å². The van der Waals surface area contributed by atoms with Crippen LogP contribution in [0, 0.1) is 0 Å². The summed E-state index contributed by atoms with van der Waals surface area (Å²) in [5.41, 5.74) is 2.47. The van der Waals surface area contributed by atoms with Gasteiger partial charge in [-0.25, -0.2) is 4.79 Å². The van der Waals surface area contributed by atoms with Crippen molar-refractivity contribution in [2.45, 2.75) is 18.3 Å². The number of carboxylic acids is 1. The number of rotatable bonds is 4. The maximum absolute atomic E-state index is 10.6. The van der Waals surface area contributed by atoms with Crippen LogP contribution in [0.2, 0.25) is 0 Å². The SMILES string of the molecule is COCC1=N[C@H](c2ccccc2)[C@H](c2ccccc2)N1.O=C(O)C(F)(F)F. The van der Waals surface area contributed by atoms with E-state index in [4.69, 9.17) is 19.6 Å². The molecule has 27 heavy (non-hydrogen) atoms. The lowest BCUT2D eigenvalue weighted by Crippen LogP contribution is -2.27. The van der Waals surface area contributed by atoms with Gasteiger partial charge in [0.1, 0.15) is 18.5 Å². The van der Waals surface area contributed by atoms with Gasteiger partial charge in [-0.15, -0.1) is 0 Å². The van der Waals surface area contributed by atoms with E-state index < -0.39 is 12.1 Å². The molecular formula is C19H19F3N2O3. The molecule has 1 aliphatic heterocycles. The maximum Gasteiger partial charge on any atom is 0.490 e. The quantitative estimate of drug-likeness (QED) is 0.848. The van der Waals surface area contributed by atoms with E-state index >= 15 is 0 Å². The Hall–Kier alpha value is -2.87. The molecule has 1 aliphatic rings. The van der Waals surface area contributed by atoms with E-state index in [1.807, 2.05) is 12.1 Å². The van der Waals surface area contributed by atoms with Crippen molar-refractivity contribution < 1.29 is 27.8 Å². The molecule has 0 spiro atoms. The number of aliphatic carboxylic acids is 1. The Morgan fingerprint density at radius 1 is 1.07 bits per heavy atom. The Morgan fingerprint density at radius 3 is 2.00 bits per heavy atom. The molecule has 2 N–H and O–H groups in total. The van der Waals surface area contributed by atoms with Gasteiger partial charge < -0.3 is 15.2 Å². The van der Waals surface area contributed by atoms with E-state index in [-0.39, 0.29) is 12.1 Å². The first-order valence-electron chi connectivity index (χ1n) is 8.05. The molecule has 144 valence electrons. The predicted octanol–water partition coefficient (Wildman–Crippen LogP) is 3.75. The van der Waals surface area contributed by atoms with Crippen LogP contribution < -0.4 is 5.32 Å². The minimum absolute atomic E-state index is 0.101. The van der Waals surface area contributed by atoms with E-state index in [0.29, 0.717) is 6.61 Å². The smallest absolute Gasteiger partial charge is 0.475 e. The van der Waals surface area contributed by atoms with Crippen molar-refractivity contribution in [3.8, 4) is 0 Å². The van der Waals surface area contributed by atoms with Gasteiger partial charge >= 0.3 is 12.1 Å². The lowest BCUT2D eigenvalue weighted by molar-refractivity contribution is -0.192. The first-order valence-corrected chi connectivity index (χ1v) is 8.05. The second kappa shape index (κ2) is 9.18. The number of carbonyl (C=O) groups is 1. The summed E-state index contributed by atoms with van der Waals surface area (Å²) in [6.45, 7) is 0.521. The number of alkyl halides is 3. The lowest BCUT2D eigenvalue weighted by atomic mass is 9.95. The Labute approximate surface area is 154 Å². The van der Waals surface area contributed by atoms with Gasteiger partial charge in [-0.2, -0.15) is 13.2 Å². The number of ether oxygens (including phenoxy) is 1. The topological polar surface area (TPSA) is 70.9 Å². The van der Waals surface area contributed by atoms with Crippen molar-refractivity contribution in [3.05, 3.63) is 71.8 Å². The second-order valence-electron chi connectivity index (χ2n) is 5.70. The molecule has 0 aliphatic carbocycles. The van der Waals surface area contributed by atoms with Crippen LogP contribution in [0.3, 0.4) is 0 Å². The zero-order chi connectivity index (χ0) is 19.9. The van der Waals surface area contributed by atoms with Crippen molar-refractivity contribution in [2.75, 3.05) is 13.7 Å². The number of amidine groups is 1. The van der Waals surface area contributed by atoms with Crippen LogP contribution in [0.25, 0.3) is 0 Å². The number of halogens is 3. The molecule has 0 amide bonds. The second-order valence-corrected chi connectivity index (χ2v) is 5.70. The molecular weight excluding hydrogens is 361 g/mol. The molecule has 5 nitrogen and oxygen atoms in total. The highest BCUT2D eigenvalue weighted by Gasteiger charge is 2.38. The largest absolute Gasteiger partial charge is 0.490 e. The van der Waals surface area contributed by atoms with Gasteiger partial charge in [0.25, 0.3) is 0 Å². The fraction of sp³-hybridized carbons (Fsp3) is 0.263. The summed E-state index contributed by atoms with van der Waals surface area (Å²) < 4.78 is 36.9. The molecule has 2 aromatic carbocycles. The normalized spacial score (nSPS) is 18.7. The molecule has 2 aromatic rings. The van der Waals surface area contributed by atoms with E-state index in [1.165, 1.54) is 11.1 Å². The number of nitrogens with one attached hydrogen (secondary N) is 1. The fourth-order valence-electron chi connectivity index (χ4n) is 2.60. The number of aliphatic imine (C=N–C) groups is 1. The van der Waals surface area contributed by atoms with Crippen LogP contribution in [0.5, 0.6) is 0 Å². The molecule has 8 heteroatoms. The maximum atomic E-state index is 10.6. The highest BCUT2D eigenvalue weighted by Crippen LogP contribution is 2.35. The summed E-state index contributed by atoms with van der Waals surface area (Å²) >= 11 is 0. The summed E-state index contributed by atoms with van der Waals surface area (Å²) in [5, 5.41) is 10.6. The van der Waals surface area contributed by atoms with Crippen LogP contribution >= 0.6 is 0 Å². The van der Waals surface area contributed by atoms with Gasteiger partial charge in [0.2, 0.25) is 0 Å². The Morgan fingerprint density at radius 2 is 1.56 bits per heavy atom. The third kappa shape index (κ3) is 5.82. The minimum atomic E-state index is -5.08. The Kier molecular flexibility index (Phi) is 6.95. The predicted molar refractivity (Wildman–Crippen MR) is 94.5 cm³/mol. The van der Waals surface area contributed by atoms with Gasteiger partial charge in [0.05, 0.1) is 6.04 Å². The van der Waals surface area contributed by atoms with Crippen molar-refractivity contribution >= 4 is 11.8 Å². The van der Waals surface area contributed by atoms with Gasteiger partial charge in [-0.3, -0.25) is 4.99 Å². The first kappa shape index (κ1) is 20.4. The molecule has 3 rings (SSSR count). The highest BCUT2D eigenvalue weighted by molar-refractivity contribution is 5.86. The summed E-state index contributed by atoms with van der Waals surface area (Å²) in [5.74, 6) is -1.84. The van der Waals surface area contributed by atoms with Gasteiger partial charge in [0.15, 0.2) is 0 Å². The number of carboxylic acid groups (broad SMARTS) is 1. The van der Waals surface area contributed by atoms with E-state index in [9.17, 15) is 13.2 Å². The number of methoxy groups -OCH3 is 1. The van der Waals surface area contributed by atoms with Gasteiger partial charge in [-0.05, 0) is 11.1 Å². The van der Waals surface area contributed by atoms with Crippen molar-refractivity contribution in [3.63, 3.8) is 0 Å². The first-order chi connectivity index (χ1) is 12.8. The zero-order valence-electron chi connectivity index (χ0n) is 14.5. The highest BCUT2D eigenvalue weighted by atomic mass is 19.4. The van der Waals surface area contributed by atoms with Gasteiger partial charge in [-0.1, -0.05) is 60.7 Å². The Balaban J connectivity index is 0.000000321. The molecule has 0 saturated heterocycles. The van der Waals surface area contributed by atoms with Crippen LogP contribution in [0.4, 0.5) is 13.2 Å². The summed E-state index contributed by atoms with van der Waals surface area (Å²) in [7, 11) is 1.69. The molecule has 0 bridgehead atoms. The molecule has 1 heterocycles. The standard InChI is InChI=1S/C17H18N2O.C2HF3O2/c1-20-12-15-18-16(13-8-4-2-5-9-13)17(19-15)14-10-6-3-7-11-14;3-2(4,5)1(6)7/h2-11,16-17H,12H2,1H3,(H,18,19);(H,6,7)/t16-,17+;. The minimum Gasteiger partial charge on any atom is -0.475 e. The van der Waals surface area contributed by atoms with Crippen LogP contribution in [-0.2, 0) is 9.53 Å². The van der Waals surface area contributed by atoms with Gasteiger partial charge in [0, 0.05) is 7.11 Å². The molecule has 0 unspecified atom stereocenters. The third-order valence-corrected chi connectivity index (χ3v) is 3.76. The van der Waals surface area contributed by atoms with E-state index in [1.54, 1.807) is 7.11 Å². The monoisotopic (exact) mass is 380 g/mol. The summed E-state index contributed by atoms with van der Waals surface area (Å²) in [6, 6.07) is 21.1. The summed E-state index contributed by atoms with van der Waals surface area (Å²) in [6.07, 6.45) is -5.08. The van der Waals surface area contributed by atoms with Crippen molar-refractivity contribution in [2.24, 2.45) is 4.99 Å². The average molecular weight is 380 g/mol. The Bertz CT molecular complexity index is 765. The number of nitrogens with zero attached hydrogens (tertiary/aromatic N) is 1. The lowest BCUT2D eigenvalue weighted by Gasteiger charge is -2.19. The van der Waals surface area contributed by atoms with Crippen LogP contribution in [0.15, 0.2) is 65.7 Å². The van der Waals surface area contributed by atoms with Crippen molar-refractivity contribution in [1.29, 1.82) is 0 Å². The third-order valence-electron chi connectivity index (χ3n) is 3.76. The number of hydrogen-bond donors (Lipinski definition) is 2. The average Bonchev–Trinajstić information content (AvgIpc) is 3.07. The van der Waals surface area contributed by atoms with Crippen LogP contribution in [0.1, 0.15) is 23.2 Å². The van der Waals surface area contributed by atoms with E-state index in [0.717, 1.165) is 5.84 Å². The molecule has 2 atom stereocenters. The molecule has 0 radical (unpaired) electrons. The van der Waals surface area contributed by atoms with Crippen molar-refractivity contribution in [1.82, 2.24) is 5.32 Å². The van der Waals surface area contributed by atoms with Crippen LogP contribution in [-0.4, -0.2) is 36.8 Å². The molecule has 0 saturated carbocycles. The number of hydrogen-bond acceptors (Lipinski definition) is 4. The molecule has 0 fully saturated rings. The number of benzene rings is 2. The fourth-order valence-corrected chi connectivity index (χ4v) is 2.60. The zero-order valence-corrected chi connectivity index (χ0v) is 14.5. The summed E-state index contributed by atoms with van der Waals surface area (Å²) in [4.78, 5) is 13.7. The molecule has 0 aromatic heterocycles.